The molecule has 1 rings (SSSR count). The van der Waals surface area contributed by atoms with Crippen molar-refractivity contribution in [1.29, 1.82) is 0 Å². The minimum Gasteiger partial charge on any atom is -0.374 e. The van der Waals surface area contributed by atoms with Crippen LogP contribution in [-0.2, 0) is 12.6 Å². The van der Waals surface area contributed by atoms with E-state index < -0.39 is 24.0 Å². The van der Waals surface area contributed by atoms with Crippen LogP contribution in [-0.4, -0.2) is 46.4 Å². The Kier molecular flexibility index (Phi) is 11.9. The lowest BCUT2D eigenvalue weighted by molar-refractivity contribution is -0.272. The monoisotopic (exact) mass is 505 g/mol. The van der Waals surface area contributed by atoms with Crippen molar-refractivity contribution in [2.75, 3.05) is 19.6 Å². The number of nitrogens with one attached hydrogen (secondary N) is 2. The lowest BCUT2D eigenvalue weighted by atomic mass is 9.97. The first-order chi connectivity index (χ1) is 12.3. The largest absolute Gasteiger partial charge is 0.424 e. The maximum Gasteiger partial charge on any atom is 0.424 e. The Bertz CT molecular complexity index is 565. The van der Waals surface area contributed by atoms with Gasteiger partial charge in [-0.1, -0.05) is 26.2 Å². The van der Waals surface area contributed by atoms with Gasteiger partial charge in [-0.2, -0.15) is 13.2 Å². The number of aliphatic imine (C=N–C) groups is 1. The summed E-state index contributed by atoms with van der Waals surface area (Å²) in [5, 5.41) is 16.2. The average Bonchev–Trinajstić information content (AvgIpc) is 3.00. The van der Waals surface area contributed by atoms with E-state index >= 15 is 0 Å². The number of alkyl halides is 3. The van der Waals surface area contributed by atoms with Gasteiger partial charge < -0.3 is 20.3 Å². The summed E-state index contributed by atoms with van der Waals surface area (Å²) in [5.41, 5.74) is -3.02. The summed E-state index contributed by atoms with van der Waals surface area (Å²) in [6.07, 6.45) is 1.50. The Balaban J connectivity index is 0.00000676. The van der Waals surface area contributed by atoms with Crippen LogP contribution >= 0.6 is 24.0 Å². The van der Waals surface area contributed by atoms with Gasteiger partial charge in [0.1, 0.15) is 5.82 Å². The Labute approximate surface area is 176 Å². The summed E-state index contributed by atoms with van der Waals surface area (Å²) in [7, 11) is 1.42. The molecule has 0 aromatic carbocycles. The Morgan fingerprint density at radius 1 is 1.22 bits per heavy atom. The van der Waals surface area contributed by atoms with E-state index in [0.717, 1.165) is 25.7 Å². The molecule has 0 aliphatic rings. The molecule has 0 fully saturated rings. The SMILES string of the molecule is CCCCCCN=C(NCC)NCCC(O)(c1nccn1C)C(F)(F)F.I. The molecule has 1 unspecified atom stereocenters. The molecule has 1 heterocycles. The normalized spacial score (nSPS) is 14.4. The molecule has 0 radical (unpaired) electrons. The highest BCUT2D eigenvalue weighted by Crippen LogP contribution is 2.40. The topological polar surface area (TPSA) is 74.5 Å². The van der Waals surface area contributed by atoms with Crippen LogP contribution in [0.25, 0.3) is 0 Å². The van der Waals surface area contributed by atoms with Gasteiger partial charge in [-0.3, -0.25) is 4.99 Å². The van der Waals surface area contributed by atoms with Crippen LogP contribution in [0.5, 0.6) is 0 Å². The van der Waals surface area contributed by atoms with Crippen LogP contribution in [0.15, 0.2) is 17.4 Å². The highest BCUT2D eigenvalue weighted by Gasteiger charge is 2.57. The minimum absolute atomic E-state index is 0. The second kappa shape index (κ2) is 12.4. The number of aliphatic hydroxyl groups is 1. The van der Waals surface area contributed by atoms with Crippen molar-refractivity contribution in [3.8, 4) is 0 Å². The maximum absolute atomic E-state index is 13.5. The molecular formula is C17H31F3IN5O. The van der Waals surface area contributed by atoms with Gasteiger partial charge in [0, 0.05) is 45.5 Å². The van der Waals surface area contributed by atoms with Crippen molar-refractivity contribution in [3.63, 3.8) is 0 Å². The van der Waals surface area contributed by atoms with E-state index in [-0.39, 0.29) is 30.5 Å². The van der Waals surface area contributed by atoms with E-state index in [4.69, 9.17) is 0 Å². The summed E-state index contributed by atoms with van der Waals surface area (Å²) in [6.45, 7) is 5.12. The van der Waals surface area contributed by atoms with Gasteiger partial charge in [0.2, 0.25) is 5.60 Å². The summed E-state index contributed by atoms with van der Waals surface area (Å²) in [6, 6.07) is 0. The highest BCUT2D eigenvalue weighted by molar-refractivity contribution is 14.0. The van der Waals surface area contributed by atoms with Crippen molar-refractivity contribution >= 4 is 29.9 Å². The zero-order chi connectivity index (χ0) is 19.6. The lowest BCUT2D eigenvalue weighted by Gasteiger charge is -2.30. The van der Waals surface area contributed by atoms with E-state index in [1.54, 1.807) is 0 Å². The van der Waals surface area contributed by atoms with Gasteiger partial charge in [-0.25, -0.2) is 4.98 Å². The van der Waals surface area contributed by atoms with Crippen molar-refractivity contribution in [1.82, 2.24) is 20.2 Å². The molecule has 3 N–H and O–H groups in total. The fourth-order valence-corrected chi connectivity index (χ4v) is 2.58. The van der Waals surface area contributed by atoms with Gasteiger partial charge in [0.15, 0.2) is 5.96 Å². The van der Waals surface area contributed by atoms with Crippen molar-refractivity contribution in [2.45, 2.75) is 57.7 Å². The molecular weight excluding hydrogens is 474 g/mol. The second-order valence-electron chi connectivity index (χ2n) is 6.22. The number of halogens is 4. The van der Waals surface area contributed by atoms with Gasteiger partial charge in [0.05, 0.1) is 0 Å². The predicted molar refractivity (Wildman–Crippen MR) is 111 cm³/mol. The van der Waals surface area contributed by atoms with Gasteiger partial charge >= 0.3 is 6.18 Å². The van der Waals surface area contributed by atoms with Gasteiger partial charge in [-0.05, 0) is 13.3 Å². The molecule has 1 aromatic rings. The van der Waals surface area contributed by atoms with Crippen LogP contribution in [0.3, 0.4) is 0 Å². The average molecular weight is 505 g/mol. The first-order valence-electron chi connectivity index (χ1n) is 9.05. The fourth-order valence-electron chi connectivity index (χ4n) is 2.58. The summed E-state index contributed by atoms with van der Waals surface area (Å²) < 4.78 is 41.6. The van der Waals surface area contributed by atoms with Gasteiger partial charge in [-0.15, -0.1) is 24.0 Å². The molecule has 0 saturated carbocycles. The predicted octanol–water partition coefficient (Wildman–Crippen LogP) is 3.31. The lowest BCUT2D eigenvalue weighted by Crippen LogP contribution is -2.48. The number of hydrogen-bond donors (Lipinski definition) is 3. The number of aromatic nitrogens is 2. The molecule has 0 saturated heterocycles. The number of unbranched alkanes of at least 4 members (excludes halogenated alkanes) is 3. The molecule has 0 amide bonds. The first-order valence-corrected chi connectivity index (χ1v) is 9.05. The zero-order valence-electron chi connectivity index (χ0n) is 16.1. The number of rotatable bonds is 10. The Morgan fingerprint density at radius 2 is 1.93 bits per heavy atom. The van der Waals surface area contributed by atoms with E-state index in [1.165, 1.54) is 24.0 Å². The molecule has 10 heteroatoms. The third-order valence-electron chi connectivity index (χ3n) is 4.07. The van der Waals surface area contributed by atoms with Crippen LogP contribution in [0, 0.1) is 0 Å². The van der Waals surface area contributed by atoms with E-state index in [9.17, 15) is 18.3 Å². The summed E-state index contributed by atoms with van der Waals surface area (Å²) in [5.74, 6) is 0.0293. The third kappa shape index (κ3) is 7.84. The molecule has 0 bridgehead atoms. The standard InChI is InChI=1S/C17H30F3N5O.HI/c1-4-6-7-8-10-23-15(21-5-2)24-11-9-16(26,17(18,19)20)14-22-12-13-25(14)3;/h12-13,26H,4-11H2,1-3H3,(H2,21,23,24);1H. The number of nitrogens with zero attached hydrogens (tertiary/aromatic N) is 3. The fraction of sp³-hybridized carbons (Fsp3) is 0.765. The molecule has 27 heavy (non-hydrogen) atoms. The Morgan fingerprint density at radius 3 is 2.44 bits per heavy atom. The summed E-state index contributed by atoms with van der Waals surface area (Å²) in [4.78, 5) is 8.04. The van der Waals surface area contributed by atoms with Crippen LogP contribution in [0.2, 0.25) is 0 Å². The maximum atomic E-state index is 13.5. The third-order valence-corrected chi connectivity index (χ3v) is 4.07. The molecule has 0 spiro atoms. The summed E-state index contributed by atoms with van der Waals surface area (Å²) >= 11 is 0. The second-order valence-corrected chi connectivity index (χ2v) is 6.22. The van der Waals surface area contributed by atoms with Gasteiger partial charge in [0.25, 0.3) is 0 Å². The number of guanidine groups is 1. The van der Waals surface area contributed by atoms with Crippen molar-refractivity contribution in [3.05, 3.63) is 18.2 Å². The number of imidazole rings is 1. The number of hydrogen-bond acceptors (Lipinski definition) is 3. The minimum atomic E-state index is -4.83. The van der Waals surface area contributed by atoms with E-state index in [1.807, 2.05) is 6.92 Å². The van der Waals surface area contributed by atoms with Crippen molar-refractivity contribution < 1.29 is 18.3 Å². The molecule has 158 valence electrons. The Hall–Kier alpha value is -1.04. The van der Waals surface area contributed by atoms with Crippen LogP contribution in [0.1, 0.15) is 51.8 Å². The first kappa shape index (κ1) is 26.0. The zero-order valence-corrected chi connectivity index (χ0v) is 18.5. The molecule has 6 nitrogen and oxygen atoms in total. The molecule has 0 aliphatic heterocycles. The van der Waals surface area contributed by atoms with Crippen molar-refractivity contribution in [2.24, 2.45) is 12.0 Å². The highest BCUT2D eigenvalue weighted by atomic mass is 127. The smallest absolute Gasteiger partial charge is 0.374 e. The molecule has 0 aliphatic carbocycles. The van der Waals surface area contributed by atoms with E-state index in [2.05, 4.69) is 27.5 Å². The molecule has 1 aromatic heterocycles. The number of aryl methyl sites for hydroxylation is 1. The van der Waals surface area contributed by atoms with E-state index in [0.29, 0.717) is 19.0 Å². The quantitative estimate of drug-likeness (QED) is 0.198. The van der Waals surface area contributed by atoms with Crippen LogP contribution < -0.4 is 10.6 Å². The molecule has 1 atom stereocenters. The van der Waals surface area contributed by atoms with Crippen LogP contribution in [0.4, 0.5) is 13.2 Å².